The number of fused-ring (bicyclic) bond motifs is 4. The fourth-order valence-corrected chi connectivity index (χ4v) is 5.83. The number of hydrogen-bond acceptors (Lipinski definition) is 7. The number of hydrogen-bond donors (Lipinski definition) is 2. The van der Waals surface area contributed by atoms with E-state index in [4.69, 9.17) is 28.9 Å². The number of amides is 2. The van der Waals surface area contributed by atoms with E-state index in [0.29, 0.717) is 58.1 Å². The number of nitrogens with two attached hydrogens (primary N) is 1. The van der Waals surface area contributed by atoms with Gasteiger partial charge in [-0.25, -0.2) is 9.67 Å². The number of pyridine rings is 1. The average molecular weight is 680 g/mol. The highest BCUT2D eigenvalue weighted by atomic mass is 35.5. The first-order valence-electron chi connectivity index (χ1n) is 14.5. The van der Waals surface area contributed by atoms with Crippen molar-refractivity contribution >= 4 is 40.7 Å². The summed E-state index contributed by atoms with van der Waals surface area (Å²) in [4.78, 5) is 47.6. The second-order valence-electron chi connectivity index (χ2n) is 11.2. The zero-order valence-corrected chi connectivity index (χ0v) is 26.2. The lowest BCUT2D eigenvalue weighted by Gasteiger charge is -2.23. The number of rotatable bonds is 5. The Morgan fingerprint density at radius 3 is 2.55 bits per heavy atom. The van der Waals surface area contributed by atoms with Crippen LogP contribution in [0.5, 0.6) is 0 Å². The van der Waals surface area contributed by atoms with E-state index in [-0.39, 0.29) is 22.3 Å². The topological polar surface area (TPSA) is 151 Å². The largest absolute Gasteiger partial charge is 0.364 e. The summed E-state index contributed by atoms with van der Waals surface area (Å²) in [6, 6.07) is 12.8. The van der Waals surface area contributed by atoms with Gasteiger partial charge < -0.3 is 11.1 Å². The van der Waals surface area contributed by atoms with Gasteiger partial charge in [-0.1, -0.05) is 53.9 Å². The van der Waals surface area contributed by atoms with E-state index in [0.717, 1.165) is 12.1 Å². The highest BCUT2D eigenvalue weighted by molar-refractivity contribution is 6.31. The van der Waals surface area contributed by atoms with Gasteiger partial charge >= 0.3 is 5.92 Å². The van der Waals surface area contributed by atoms with Gasteiger partial charge in [0.1, 0.15) is 0 Å². The Bertz CT molecular complexity index is 2080. The number of anilines is 1. The number of carbonyl (C=O) groups excluding carboxylic acids is 2. The normalized spacial score (nSPS) is 16.8. The molecule has 6 rings (SSSR count). The summed E-state index contributed by atoms with van der Waals surface area (Å²) in [5, 5.41) is 11.2. The first-order chi connectivity index (χ1) is 22.4. The molecule has 1 aliphatic rings. The van der Waals surface area contributed by atoms with Crippen LogP contribution < -0.4 is 16.6 Å². The Labute approximate surface area is 276 Å². The molecule has 1 aliphatic heterocycles. The maximum absolute atomic E-state index is 14.6. The molecule has 3 N–H and O–H groups in total. The number of carbonyl (C=O) groups is 2. The molecule has 0 fully saturated rings. The molecular formula is C32H26Cl2F2N8O3. The van der Waals surface area contributed by atoms with Gasteiger partial charge in [0.2, 0.25) is 5.91 Å². The van der Waals surface area contributed by atoms with Crippen molar-refractivity contribution in [2.75, 3.05) is 5.32 Å². The lowest BCUT2D eigenvalue weighted by atomic mass is 9.94. The maximum Gasteiger partial charge on any atom is 0.349 e. The summed E-state index contributed by atoms with van der Waals surface area (Å²) < 4.78 is 32.1. The zero-order chi connectivity index (χ0) is 33.5. The van der Waals surface area contributed by atoms with Crippen LogP contribution in [0.25, 0.3) is 28.1 Å². The number of benzene rings is 2. The van der Waals surface area contributed by atoms with Gasteiger partial charge in [-0.05, 0) is 54.8 Å². The minimum absolute atomic E-state index is 0.0868. The predicted molar refractivity (Wildman–Crippen MR) is 171 cm³/mol. The Morgan fingerprint density at radius 1 is 1.02 bits per heavy atom. The predicted octanol–water partition coefficient (Wildman–Crippen LogP) is 5.78. The summed E-state index contributed by atoms with van der Waals surface area (Å²) in [5.74, 6) is -6.64. The molecule has 5 aromatic rings. The molecule has 240 valence electrons. The average Bonchev–Trinajstić information content (AvgIpc) is 3.48. The lowest BCUT2D eigenvalue weighted by Crippen LogP contribution is -2.33. The van der Waals surface area contributed by atoms with Crippen LogP contribution in [0.15, 0.2) is 78.1 Å². The van der Waals surface area contributed by atoms with Gasteiger partial charge in [0.25, 0.3) is 11.5 Å². The minimum atomic E-state index is -3.95. The van der Waals surface area contributed by atoms with Gasteiger partial charge in [0.15, 0.2) is 5.15 Å². The van der Waals surface area contributed by atoms with Crippen LogP contribution in [0, 0.1) is 5.92 Å². The molecule has 2 aromatic carbocycles. The van der Waals surface area contributed by atoms with Gasteiger partial charge in [-0.2, -0.15) is 8.78 Å². The van der Waals surface area contributed by atoms with Crippen LogP contribution in [-0.4, -0.2) is 41.3 Å². The van der Waals surface area contributed by atoms with Gasteiger partial charge in [-0.3, -0.25) is 23.9 Å². The van der Waals surface area contributed by atoms with Crippen molar-refractivity contribution in [2.24, 2.45) is 11.7 Å². The first-order valence-corrected chi connectivity index (χ1v) is 15.2. The lowest BCUT2D eigenvalue weighted by molar-refractivity contribution is -0.143. The van der Waals surface area contributed by atoms with Crippen molar-refractivity contribution in [1.29, 1.82) is 0 Å². The second kappa shape index (κ2) is 12.6. The monoisotopic (exact) mass is 678 g/mol. The standard InChI is InChI=1S/C32H26Cl2F2N8O3/c1-17-3-2-4-27(43-16-39-23(14-29(43)45)22-13-20(33)6-8-26(22)44-15-28(34)41-42-44)25-11-18(9-10-38-25)21-7-5-19(32(35,36)31(37)47)12-24(21)40-30(17)46/h5-17,27H,2-4H2,1H3,(H2,37,47)(H,40,46)/t17-,27+/m1/s1. The Kier molecular flexibility index (Phi) is 8.60. The van der Waals surface area contributed by atoms with Gasteiger partial charge in [0.05, 0.1) is 35.6 Å². The van der Waals surface area contributed by atoms with Crippen LogP contribution in [0.2, 0.25) is 10.2 Å². The maximum atomic E-state index is 14.6. The molecule has 15 heteroatoms. The number of halogens is 4. The quantitative estimate of drug-likeness (QED) is 0.239. The van der Waals surface area contributed by atoms with Crippen molar-refractivity contribution in [2.45, 2.75) is 38.2 Å². The van der Waals surface area contributed by atoms with E-state index in [9.17, 15) is 23.2 Å². The first kappa shape index (κ1) is 32.0. The smallest absolute Gasteiger partial charge is 0.349 e. The van der Waals surface area contributed by atoms with E-state index in [1.807, 2.05) is 0 Å². The summed E-state index contributed by atoms with van der Waals surface area (Å²) in [6.07, 6.45) is 5.90. The number of nitrogens with one attached hydrogen (secondary N) is 1. The summed E-state index contributed by atoms with van der Waals surface area (Å²) in [6.45, 7) is 1.72. The molecule has 3 aromatic heterocycles. The van der Waals surface area contributed by atoms with Crippen molar-refractivity contribution in [3.63, 3.8) is 0 Å². The van der Waals surface area contributed by atoms with Crippen LogP contribution in [0.3, 0.4) is 0 Å². The van der Waals surface area contributed by atoms with Crippen molar-refractivity contribution < 1.29 is 18.4 Å². The van der Waals surface area contributed by atoms with E-state index >= 15 is 0 Å². The molecule has 0 saturated carbocycles. The van der Waals surface area contributed by atoms with E-state index < -0.39 is 29.4 Å². The SMILES string of the molecule is C[C@@H]1CCC[C@H](n2cnc(-c3cc(Cl)ccc3-n3cc(Cl)nn3)cc2=O)c2cc(ccn2)-c2ccc(C(F)(F)C(N)=O)cc2NC1=O. The Hall–Kier alpha value is -5.01. The molecule has 0 saturated heterocycles. The number of aromatic nitrogens is 6. The zero-order valence-electron chi connectivity index (χ0n) is 24.7. The molecule has 4 heterocycles. The third kappa shape index (κ3) is 6.36. The second-order valence-corrected chi connectivity index (χ2v) is 12.0. The molecule has 0 radical (unpaired) electrons. The third-order valence-electron chi connectivity index (χ3n) is 8.06. The molecule has 0 spiro atoms. The number of alkyl halides is 2. The summed E-state index contributed by atoms with van der Waals surface area (Å²) in [5.41, 5.74) is 6.93. The summed E-state index contributed by atoms with van der Waals surface area (Å²) >= 11 is 12.3. The molecular weight excluding hydrogens is 653 g/mol. The summed E-state index contributed by atoms with van der Waals surface area (Å²) in [7, 11) is 0. The molecule has 0 unspecified atom stereocenters. The van der Waals surface area contributed by atoms with Crippen LogP contribution in [-0.2, 0) is 15.5 Å². The van der Waals surface area contributed by atoms with Gasteiger partial charge in [-0.15, -0.1) is 5.10 Å². The fourth-order valence-electron chi connectivity index (χ4n) is 5.53. The van der Waals surface area contributed by atoms with Crippen LogP contribution in [0.4, 0.5) is 14.5 Å². The van der Waals surface area contributed by atoms with Gasteiger partial charge in [0, 0.05) is 45.6 Å². The van der Waals surface area contributed by atoms with Crippen molar-refractivity contribution in [3.8, 4) is 28.1 Å². The molecule has 2 atom stereocenters. The number of primary amides is 1. The molecule has 0 aliphatic carbocycles. The minimum Gasteiger partial charge on any atom is -0.364 e. The van der Waals surface area contributed by atoms with Crippen LogP contribution >= 0.6 is 23.2 Å². The molecule has 47 heavy (non-hydrogen) atoms. The van der Waals surface area contributed by atoms with Crippen molar-refractivity contribution in [1.82, 2.24) is 29.5 Å². The Morgan fingerprint density at radius 2 is 1.83 bits per heavy atom. The Balaban J connectivity index is 1.44. The molecule has 11 nitrogen and oxygen atoms in total. The highest BCUT2D eigenvalue weighted by Crippen LogP contribution is 2.37. The molecule has 2 bridgehead atoms. The molecule has 2 amide bonds. The fraction of sp³-hybridized carbons (Fsp3) is 0.219. The van der Waals surface area contributed by atoms with E-state index in [1.54, 1.807) is 37.3 Å². The van der Waals surface area contributed by atoms with E-state index in [1.165, 1.54) is 40.1 Å². The van der Waals surface area contributed by atoms with Crippen LogP contribution in [0.1, 0.15) is 43.5 Å². The van der Waals surface area contributed by atoms with Crippen molar-refractivity contribution in [3.05, 3.63) is 105 Å². The third-order valence-corrected chi connectivity index (χ3v) is 8.47. The number of nitrogens with zero attached hydrogens (tertiary/aromatic N) is 6. The highest BCUT2D eigenvalue weighted by Gasteiger charge is 2.39. The van der Waals surface area contributed by atoms with E-state index in [2.05, 4.69) is 25.6 Å².